The summed E-state index contributed by atoms with van der Waals surface area (Å²) in [6.07, 6.45) is 11.6. The van der Waals surface area contributed by atoms with Crippen LogP contribution in [0, 0.1) is 5.92 Å². The molecule has 1 atom stereocenters. The van der Waals surface area contributed by atoms with E-state index in [1.165, 1.54) is 36.9 Å². The molecule has 0 saturated heterocycles. The summed E-state index contributed by atoms with van der Waals surface area (Å²) in [5.41, 5.74) is 3.47. The second-order valence-corrected chi connectivity index (χ2v) is 7.52. The van der Waals surface area contributed by atoms with Gasteiger partial charge in [-0.3, -0.25) is 4.79 Å². The van der Waals surface area contributed by atoms with Gasteiger partial charge in [0.15, 0.2) is 5.82 Å². The normalized spacial score (nSPS) is 16.0. The fraction of sp³-hybridized carbons (Fsp3) is 0.522. The molecular weight excluding hydrogens is 336 g/mol. The molecule has 1 aliphatic carbocycles. The van der Waals surface area contributed by atoms with Gasteiger partial charge >= 0.3 is 5.97 Å². The minimum Gasteiger partial charge on any atom is -0.427 e. The smallest absolute Gasteiger partial charge is 0.311 e. The molecule has 0 aliphatic heterocycles. The van der Waals surface area contributed by atoms with E-state index < -0.39 is 0 Å². The molecule has 0 N–H and O–H groups in total. The average Bonchev–Trinajstić information content (AvgIpc) is 2.70. The SMILES string of the molecule is CCCCC(=O)Oc1ccc(-c2ncc3c(n2)CCC(CCCC)C3)cc1. The molecule has 0 saturated carbocycles. The maximum Gasteiger partial charge on any atom is 0.311 e. The number of aromatic nitrogens is 2. The fourth-order valence-electron chi connectivity index (χ4n) is 3.64. The van der Waals surface area contributed by atoms with Crippen molar-refractivity contribution in [3.63, 3.8) is 0 Å². The molecule has 2 aromatic rings. The number of unbranched alkanes of at least 4 members (excludes halogenated alkanes) is 2. The monoisotopic (exact) mass is 366 g/mol. The summed E-state index contributed by atoms with van der Waals surface area (Å²) in [5.74, 6) is 1.95. The molecule has 0 fully saturated rings. The lowest BCUT2D eigenvalue weighted by atomic mass is 9.84. The Morgan fingerprint density at radius 3 is 2.67 bits per heavy atom. The van der Waals surface area contributed by atoms with Crippen molar-refractivity contribution in [2.24, 2.45) is 5.92 Å². The first-order valence-corrected chi connectivity index (χ1v) is 10.4. The van der Waals surface area contributed by atoms with Gasteiger partial charge < -0.3 is 4.74 Å². The first-order chi connectivity index (χ1) is 13.2. The van der Waals surface area contributed by atoms with Gasteiger partial charge in [-0.15, -0.1) is 0 Å². The summed E-state index contributed by atoms with van der Waals surface area (Å²) in [7, 11) is 0. The number of carbonyl (C=O) groups is 1. The Kier molecular flexibility index (Phi) is 6.97. The Bertz CT molecular complexity index is 755. The van der Waals surface area contributed by atoms with Crippen LogP contribution in [0.15, 0.2) is 30.5 Å². The third kappa shape index (κ3) is 5.38. The Morgan fingerprint density at radius 2 is 1.93 bits per heavy atom. The van der Waals surface area contributed by atoms with Crippen LogP contribution in [-0.2, 0) is 17.6 Å². The summed E-state index contributed by atoms with van der Waals surface area (Å²) in [4.78, 5) is 21.1. The number of hydrogen-bond donors (Lipinski definition) is 0. The van der Waals surface area contributed by atoms with Gasteiger partial charge in [0.2, 0.25) is 0 Å². The zero-order chi connectivity index (χ0) is 19.1. The van der Waals surface area contributed by atoms with Crippen LogP contribution in [0.25, 0.3) is 11.4 Å². The van der Waals surface area contributed by atoms with Gasteiger partial charge in [-0.05, 0) is 61.4 Å². The average molecular weight is 367 g/mol. The van der Waals surface area contributed by atoms with Crippen molar-refractivity contribution in [3.8, 4) is 17.1 Å². The number of esters is 1. The zero-order valence-corrected chi connectivity index (χ0v) is 16.5. The van der Waals surface area contributed by atoms with E-state index in [1.807, 2.05) is 30.5 Å². The Morgan fingerprint density at radius 1 is 1.15 bits per heavy atom. The van der Waals surface area contributed by atoms with Crippen LogP contribution in [0.2, 0.25) is 0 Å². The number of rotatable bonds is 8. The second kappa shape index (κ2) is 9.63. The van der Waals surface area contributed by atoms with Gasteiger partial charge in [0.1, 0.15) is 5.75 Å². The molecule has 27 heavy (non-hydrogen) atoms. The predicted octanol–water partition coefficient (Wildman–Crippen LogP) is 5.53. The maximum atomic E-state index is 11.7. The minimum atomic E-state index is -0.174. The van der Waals surface area contributed by atoms with E-state index in [0.29, 0.717) is 12.2 Å². The van der Waals surface area contributed by atoms with Crippen LogP contribution >= 0.6 is 0 Å². The van der Waals surface area contributed by atoms with E-state index in [-0.39, 0.29) is 5.97 Å². The summed E-state index contributed by atoms with van der Waals surface area (Å²) in [5, 5.41) is 0. The van der Waals surface area contributed by atoms with E-state index in [4.69, 9.17) is 9.72 Å². The number of carbonyl (C=O) groups excluding carboxylic acids is 1. The van der Waals surface area contributed by atoms with Crippen LogP contribution in [0.1, 0.15) is 70.1 Å². The van der Waals surface area contributed by atoms with Crippen molar-refractivity contribution in [2.45, 2.75) is 71.6 Å². The summed E-state index contributed by atoms with van der Waals surface area (Å²) >= 11 is 0. The lowest BCUT2D eigenvalue weighted by molar-refractivity contribution is -0.134. The molecule has 4 nitrogen and oxygen atoms in total. The van der Waals surface area contributed by atoms with Crippen molar-refractivity contribution in [1.29, 1.82) is 0 Å². The molecule has 1 unspecified atom stereocenters. The minimum absolute atomic E-state index is 0.174. The molecule has 1 aliphatic rings. The highest BCUT2D eigenvalue weighted by Gasteiger charge is 2.20. The van der Waals surface area contributed by atoms with Crippen molar-refractivity contribution < 1.29 is 9.53 Å². The van der Waals surface area contributed by atoms with E-state index >= 15 is 0 Å². The Balaban J connectivity index is 1.64. The standard InChI is InChI=1S/C23H30N2O2/c1-3-5-7-17-9-14-21-19(15-17)16-24-23(25-21)18-10-12-20(13-11-18)27-22(26)8-6-4-2/h10-13,16-17H,3-9,14-15H2,1-2H3. The molecule has 0 spiro atoms. The van der Waals surface area contributed by atoms with Crippen molar-refractivity contribution >= 4 is 5.97 Å². The molecule has 0 radical (unpaired) electrons. The largest absolute Gasteiger partial charge is 0.427 e. The molecule has 1 aromatic heterocycles. The zero-order valence-electron chi connectivity index (χ0n) is 16.5. The topological polar surface area (TPSA) is 52.1 Å². The van der Waals surface area contributed by atoms with Crippen LogP contribution in [0.4, 0.5) is 0 Å². The number of hydrogen-bond acceptors (Lipinski definition) is 4. The molecule has 144 valence electrons. The van der Waals surface area contributed by atoms with Gasteiger partial charge in [0.05, 0.1) is 0 Å². The molecule has 1 heterocycles. The molecular formula is C23H30N2O2. The fourth-order valence-corrected chi connectivity index (χ4v) is 3.64. The van der Waals surface area contributed by atoms with E-state index in [9.17, 15) is 4.79 Å². The lowest BCUT2D eigenvalue weighted by Crippen LogP contribution is -2.16. The summed E-state index contributed by atoms with van der Waals surface area (Å²) < 4.78 is 5.36. The molecule has 4 heteroatoms. The van der Waals surface area contributed by atoms with E-state index in [0.717, 1.165) is 43.0 Å². The molecule has 0 bridgehead atoms. The quantitative estimate of drug-likeness (QED) is 0.455. The Labute approximate surface area is 162 Å². The summed E-state index contributed by atoms with van der Waals surface area (Å²) in [6.45, 7) is 4.32. The van der Waals surface area contributed by atoms with Crippen molar-refractivity contribution in [3.05, 3.63) is 41.7 Å². The number of fused-ring (bicyclic) bond motifs is 1. The maximum absolute atomic E-state index is 11.7. The third-order valence-corrected chi connectivity index (χ3v) is 5.30. The number of benzene rings is 1. The van der Waals surface area contributed by atoms with Gasteiger partial charge in [-0.25, -0.2) is 9.97 Å². The van der Waals surface area contributed by atoms with Crippen molar-refractivity contribution in [2.75, 3.05) is 0 Å². The van der Waals surface area contributed by atoms with Crippen LogP contribution in [-0.4, -0.2) is 15.9 Å². The van der Waals surface area contributed by atoms with Gasteiger partial charge in [0, 0.05) is 23.9 Å². The van der Waals surface area contributed by atoms with Crippen LogP contribution < -0.4 is 4.74 Å². The third-order valence-electron chi connectivity index (χ3n) is 5.30. The van der Waals surface area contributed by atoms with Crippen LogP contribution in [0.3, 0.4) is 0 Å². The summed E-state index contributed by atoms with van der Waals surface area (Å²) in [6, 6.07) is 7.50. The predicted molar refractivity (Wildman–Crippen MR) is 108 cm³/mol. The van der Waals surface area contributed by atoms with Crippen molar-refractivity contribution in [1.82, 2.24) is 9.97 Å². The van der Waals surface area contributed by atoms with Gasteiger partial charge in [-0.2, -0.15) is 0 Å². The van der Waals surface area contributed by atoms with E-state index in [2.05, 4.69) is 18.8 Å². The number of ether oxygens (including phenoxy) is 1. The highest BCUT2D eigenvalue weighted by atomic mass is 16.5. The Hall–Kier alpha value is -2.23. The van der Waals surface area contributed by atoms with Crippen LogP contribution in [0.5, 0.6) is 5.75 Å². The van der Waals surface area contributed by atoms with Gasteiger partial charge in [-0.1, -0.05) is 39.5 Å². The number of aryl methyl sites for hydroxylation is 1. The first kappa shape index (κ1) is 19.5. The highest BCUT2D eigenvalue weighted by Crippen LogP contribution is 2.29. The first-order valence-electron chi connectivity index (χ1n) is 10.4. The second-order valence-electron chi connectivity index (χ2n) is 7.52. The van der Waals surface area contributed by atoms with Gasteiger partial charge in [0.25, 0.3) is 0 Å². The molecule has 0 amide bonds. The lowest BCUT2D eigenvalue weighted by Gasteiger charge is -2.23. The van der Waals surface area contributed by atoms with E-state index in [1.54, 1.807) is 0 Å². The molecule has 3 rings (SSSR count). The highest BCUT2D eigenvalue weighted by molar-refractivity contribution is 5.72. The molecule has 1 aromatic carbocycles. The number of nitrogens with zero attached hydrogens (tertiary/aromatic N) is 2.